The van der Waals surface area contributed by atoms with Crippen molar-refractivity contribution in [3.05, 3.63) is 251 Å². The molecule has 7 aromatic rings. The van der Waals surface area contributed by atoms with Crippen LogP contribution in [0.3, 0.4) is 0 Å². The van der Waals surface area contributed by atoms with Crippen molar-refractivity contribution < 1.29 is 9.59 Å². The zero-order valence-corrected chi connectivity index (χ0v) is 35.1. The summed E-state index contributed by atoms with van der Waals surface area (Å²) in [5.74, 6) is 1.50. The predicted molar refractivity (Wildman–Crippen MR) is 248 cm³/mol. The van der Waals surface area contributed by atoms with E-state index in [1.54, 1.807) is 6.92 Å². The van der Waals surface area contributed by atoms with Crippen LogP contribution in [0.1, 0.15) is 56.2 Å². The second-order valence-electron chi connectivity index (χ2n) is 14.6. The van der Waals surface area contributed by atoms with Crippen molar-refractivity contribution in [1.82, 2.24) is 10.2 Å². The third-order valence-electron chi connectivity index (χ3n) is 10.7. The molecule has 0 fully saturated rings. The molecule has 0 radical (unpaired) electrons. The van der Waals surface area contributed by atoms with Gasteiger partial charge in [-0.1, -0.05) is 206 Å². The third kappa shape index (κ3) is 9.97. The second-order valence-corrected chi connectivity index (χ2v) is 17.2. The molecule has 7 aromatic carbocycles. The van der Waals surface area contributed by atoms with Crippen LogP contribution in [0.15, 0.2) is 206 Å². The van der Waals surface area contributed by atoms with Crippen molar-refractivity contribution in [2.24, 2.45) is 0 Å². The Bertz CT molecular complexity index is 2150. The van der Waals surface area contributed by atoms with E-state index in [2.05, 4.69) is 192 Å². The first-order chi connectivity index (χ1) is 29.0. The number of thioether (sulfide) groups is 2. The molecular formula is C53H50N2O2S2. The molecule has 0 aromatic heterocycles. The summed E-state index contributed by atoms with van der Waals surface area (Å²) in [5.41, 5.74) is 8.97. The molecule has 296 valence electrons. The average Bonchev–Trinajstić information content (AvgIpc) is 3.30. The van der Waals surface area contributed by atoms with Crippen LogP contribution in [0.5, 0.6) is 0 Å². The van der Waals surface area contributed by atoms with E-state index in [1.807, 2.05) is 47.8 Å². The lowest BCUT2D eigenvalue weighted by molar-refractivity contribution is -0.122. The maximum absolute atomic E-state index is 13.9. The van der Waals surface area contributed by atoms with Crippen molar-refractivity contribution in [3.63, 3.8) is 0 Å². The molecule has 0 aliphatic carbocycles. The molecule has 0 heterocycles. The number of ketones is 1. The van der Waals surface area contributed by atoms with Crippen molar-refractivity contribution in [3.8, 4) is 0 Å². The van der Waals surface area contributed by atoms with Crippen molar-refractivity contribution in [2.75, 3.05) is 31.1 Å². The Morgan fingerprint density at radius 3 is 1.15 bits per heavy atom. The molecule has 0 aliphatic rings. The van der Waals surface area contributed by atoms with Crippen LogP contribution in [-0.2, 0) is 20.8 Å². The SMILES string of the molecule is CC(=O)c1ccc(CN(CCSC(c2ccccc2)(c2ccccc2)c2ccccc2)CC(=O)NCCSC(c2ccccc2)(c2ccccc2)c2ccccc2)cc1. The Morgan fingerprint density at radius 2 is 0.814 bits per heavy atom. The summed E-state index contributed by atoms with van der Waals surface area (Å²) in [7, 11) is 0. The minimum absolute atomic E-state index is 0.0128. The van der Waals surface area contributed by atoms with Crippen LogP contribution in [0, 0.1) is 0 Å². The van der Waals surface area contributed by atoms with Gasteiger partial charge in [-0.25, -0.2) is 0 Å². The fourth-order valence-electron chi connectivity index (χ4n) is 7.84. The number of nitrogens with one attached hydrogen (secondary N) is 1. The summed E-state index contributed by atoms with van der Waals surface area (Å²) < 4.78 is -0.909. The van der Waals surface area contributed by atoms with Crippen LogP contribution < -0.4 is 5.32 Å². The van der Waals surface area contributed by atoms with Gasteiger partial charge >= 0.3 is 0 Å². The highest BCUT2D eigenvalue weighted by atomic mass is 32.2. The van der Waals surface area contributed by atoms with E-state index in [0.29, 0.717) is 31.0 Å². The first kappa shape index (κ1) is 41.5. The highest BCUT2D eigenvalue weighted by molar-refractivity contribution is 8.00. The van der Waals surface area contributed by atoms with Gasteiger partial charge in [0.05, 0.1) is 16.0 Å². The van der Waals surface area contributed by atoms with Gasteiger partial charge in [0, 0.05) is 36.7 Å². The number of amides is 1. The van der Waals surface area contributed by atoms with Gasteiger partial charge in [-0.2, -0.15) is 0 Å². The minimum Gasteiger partial charge on any atom is -0.354 e. The maximum Gasteiger partial charge on any atom is 0.234 e. The van der Waals surface area contributed by atoms with E-state index in [4.69, 9.17) is 0 Å². The summed E-state index contributed by atoms with van der Waals surface area (Å²) in [5, 5.41) is 3.28. The van der Waals surface area contributed by atoms with Gasteiger partial charge in [0.1, 0.15) is 0 Å². The third-order valence-corrected chi connectivity index (χ3v) is 13.8. The highest BCUT2D eigenvalue weighted by Gasteiger charge is 2.38. The van der Waals surface area contributed by atoms with Gasteiger partial charge in [-0.15, -0.1) is 23.5 Å². The number of hydrogen-bond acceptors (Lipinski definition) is 5. The van der Waals surface area contributed by atoms with Gasteiger partial charge in [0.2, 0.25) is 5.91 Å². The zero-order chi connectivity index (χ0) is 40.8. The number of carbonyl (C=O) groups is 2. The van der Waals surface area contributed by atoms with E-state index in [-0.39, 0.29) is 18.2 Å². The topological polar surface area (TPSA) is 49.4 Å². The number of carbonyl (C=O) groups excluding carboxylic acids is 2. The van der Waals surface area contributed by atoms with Crippen LogP contribution in [0.2, 0.25) is 0 Å². The predicted octanol–water partition coefficient (Wildman–Crippen LogP) is 11.3. The molecule has 0 saturated carbocycles. The molecule has 0 bridgehead atoms. The van der Waals surface area contributed by atoms with Gasteiger partial charge < -0.3 is 5.32 Å². The van der Waals surface area contributed by atoms with E-state index in [9.17, 15) is 9.59 Å². The molecule has 59 heavy (non-hydrogen) atoms. The van der Waals surface area contributed by atoms with E-state index < -0.39 is 9.49 Å². The standard InChI is InChI=1S/C53H50N2O2S2/c1-42(56)44-34-32-43(33-35-44)40-55(37-39-59-53(48-26-14-5-15-27-48,49-28-16-6-17-29-49)50-30-18-7-19-31-50)41-51(57)54-36-38-58-52(45-20-8-2-9-21-45,46-22-10-3-11-23-46)47-24-12-4-13-25-47/h2-35H,36-41H2,1H3,(H,54,57). The number of rotatable bonds is 19. The smallest absolute Gasteiger partial charge is 0.234 e. The molecule has 0 saturated heterocycles. The highest BCUT2D eigenvalue weighted by Crippen LogP contribution is 2.49. The zero-order valence-electron chi connectivity index (χ0n) is 33.5. The fraction of sp³-hybridized carbons (Fsp3) is 0.170. The Balaban J connectivity index is 1.10. The monoisotopic (exact) mass is 810 g/mol. The van der Waals surface area contributed by atoms with Gasteiger partial charge in [-0.05, 0) is 45.9 Å². The maximum atomic E-state index is 13.9. The van der Waals surface area contributed by atoms with Crippen LogP contribution in [0.4, 0.5) is 0 Å². The Kier molecular flexibility index (Phi) is 14.3. The molecule has 0 atom stereocenters. The molecule has 0 unspecified atom stereocenters. The lowest BCUT2D eigenvalue weighted by atomic mass is 9.84. The van der Waals surface area contributed by atoms with Crippen molar-refractivity contribution in [2.45, 2.75) is 23.0 Å². The first-order valence-corrected chi connectivity index (χ1v) is 22.2. The van der Waals surface area contributed by atoms with E-state index >= 15 is 0 Å². The lowest BCUT2D eigenvalue weighted by Crippen LogP contribution is -2.39. The van der Waals surface area contributed by atoms with Gasteiger partial charge in [0.15, 0.2) is 5.78 Å². The lowest BCUT2D eigenvalue weighted by Gasteiger charge is -2.36. The minimum atomic E-state index is -0.458. The van der Waals surface area contributed by atoms with Crippen LogP contribution >= 0.6 is 23.5 Å². The molecule has 1 amide bonds. The Hall–Kier alpha value is -5.66. The quantitative estimate of drug-likeness (QED) is 0.0501. The second kappa shape index (κ2) is 20.3. The molecule has 7 rings (SSSR count). The summed E-state index contributed by atoms with van der Waals surface area (Å²) in [6.07, 6.45) is 0. The van der Waals surface area contributed by atoms with E-state index in [0.717, 1.165) is 11.3 Å². The largest absolute Gasteiger partial charge is 0.354 e. The molecule has 0 aliphatic heterocycles. The Morgan fingerprint density at radius 1 is 0.475 bits per heavy atom. The number of benzene rings is 7. The van der Waals surface area contributed by atoms with Crippen LogP contribution in [0.25, 0.3) is 0 Å². The normalized spacial score (nSPS) is 11.6. The number of nitrogens with zero attached hydrogens (tertiary/aromatic N) is 1. The van der Waals surface area contributed by atoms with E-state index in [1.165, 1.54) is 33.4 Å². The summed E-state index contributed by atoms with van der Waals surface area (Å²) >= 11 is 3.74. The summed E-state index contributed by atoms with van der Waals surface area (Å²) in [6, 6.07) is 71.9. The molecule has 6 heteroatoms. The van der Waals surface area contributed by atoms with Gasteiger partial charge in [0.25, 0.3) is 0 Å². The van der Waals surface area contributed by atoms with Crippen molar-refractivity contribution >= 4 is 35.2 Å². The molecule has 1 N–H and O–H groups in total. The van der Waals surface area contributed by atoms with Gasteiger partial charge in [-0.3, -0.25) is 14.5 Å². The molecule has 4 nitrogen and oxygen atoms in total. The Labute approximate surface area is 358 Å². The fourth-order valence-corrected chi connectivity index (χ4v) is 10.8. The summed E-state index contributed by atoms with van der Waals surface area (Å²) in [4.78, 5) is 28.2. The first-order valence-electron chi connectivity index (χ1n) is 20.2. The number of hydrogen-bond donors (Lipinski definition) is 1. The molecule has 0 spiro atoms. The van der Waals surface area contributed by atoms with Crippen LogP contribution in [-0.4, -0.2) is 47.7 Å². The summed E-state index contributed by atoms with van der Waals surface area (Å²) in [6.45, 7) is 3.61. The number of Topliss-reactive ketones (excluding diaryl/α,β-unsaturated/α-hetero) is 1. The average molecular weight is 811 g/mol. The molecular weight excluding hydrogens is 761 g/mol. The van der Waals surface area contributed by atoms with Crippen molar-refractivity contribution in [1.29, 1.82) is 0 Å².